The van der Waals surface area contributed by atoms with Gasteiger partial charge in [-0.25, -0.2) is 4.79 Å². The van der Waals surface area contributed by atoms with Crippen molar-refractivity contribution in [2.24, 2.45) is 0 Å². The lowest BCUT2D eigenvalue weighted by molar-refractivity contribution is -0.0273. The van der Waals surface area contributed by atoms with Gasteiger partial charge >= 0.3 is 6.09 Å². The summed E-state index contributed by atoms with van der Waals surface area (Å²) in [6.07, 6.45) is -0.469. The highest BCUT2D eigenvalue weighted by molar-refractivity contribution is 9.09. The van der Waals surface area contributed by atoms with E-state index in [1.165, 1.54) is 0 Å². The second-order valence-electron chi connectivity index (χ2n) is 9.41. The van der Waals surface area contributed by atoms with Crippen molar-refractivity contribution in [3.05, 3.63) is 35.9 Å². The monoisotopic (exact) mass is 741 g/mol. The van der Waals surface area contributed by atoms with Gasteiger partial charge in [0.25, 0.3) is 0 Å². The molecular formula is C32H56BrNO13. The Morgan fingerprint density at radius 1 is 0.447 bits per heavy atom. The van der Waals surface area contributed by atoms with Crippen molar-refractivity contribution in [2.75, 3.05) is 157 Å². The normalized spacial score (nSPS) is 11.3. The molecule has 14 nitrogen and oxygen atoms in total. The molecule has 274 valence electrons. The third kappa shape index (κ3) is 34.2. The molecule has 1 aromatic rings. The van der Waals surface area contributed by atoms with E-state index in [0.29, 0.717) is 152 Å². The molecule has 0 atom stereocenters. The molecule has 0 fully saturated rings. The van der Waals surface area contributed by atoms with Crippen molar-refractivity contribution >= 4 is 22.0 Å². The van der Waals surface area contributed by atoms with Gasteiger partial charge in [-0.15, -0.1) is 0 Å². The number of amides is 1. The molecule has 1 rings (SSSR count). The number of hydrogen-bond donors (Lipinski definition) is 1. The summed E-state index contributed by atoms with van der Waals surface area (Å²) in [5, 5.41) is 3.48. The van der Waals surface area contributed by atoms with Crippen LogP contribution < -0.4 is 5.32 Å². The number of carbonyl (C=O) groups excluding carboxylic acids is 1. The van der Waals surface area contributed by atoms with Crippen LogP contribution in [0.5, 0.6) is 0 Å². The largest absolute Gasteiger partial charge is 0.445 e. The minimum absolute atomic E-state index is 0.238. The number of nitrogens with one attached hydrogen (secondary N) is 1. The molecule has 1 amide bonds. The summed E-state index contributed by atoms with van der Waals surface area (Å²) in [4.78, 5) is 11.6. The fraction of sp³-hybridized carbons (Fsp3) is 0.781. The Morgan fingerprint density at radius 2 is 0.745 bits per heavy atom. The number of rotatable bonds is 37. The zero-order valence-electron chi connectivity index (χ0n) is 27.7. The van der Waals surface area contributed by atoms with Crippen LogP contribution in [-0.4, -0.2) is 163 Å². The highest BCUT2D eigenvalue weighted by Crippen LogP contribution is 2.00. The lowest BCUT2D eigenvalue weighted by atomic mass is 10.2. The zero-order valence-corrected chi connectivity index (χ0v) is 29.3. The summed E-state index contributed by atoms with van der Waals surface area (Å²) < 4.78 is 64.9. The van der Waals surface area contributed by atoms with Crippen molar-refractivity contribution in [3.63, 3.8) is 0 Å². The summed E-state index contributed by atoms with van der Waals surface area (Å²) in [5.74, 6) is 0. The highest BCUT2D eigenvalue weighted by atomic mass is 79.9. The third-order valence-corrected chi connectivity index (χ3v) is 5.99. The fourth-order valence-electron chi connectivity index (χ4n) is 3.36. The Balaban J connectivity index is 1.63. The smallest absolute Gasteiger partial charge is 0.407 e. The van der Waals surface area contributed by atoms with Gasteiger partial charge in [0, 0.05) is 11.9 Å². The molecule has 0 spiro atoms. The highest BCUT2D eigenvalue weighted by Gasteiger charge is 2.02. The lowest BCUT2D eigenvalue weighted by Crippen LogP contribution is -2.28. The molecule has 0 radical (unpaired) electrons. The Morgan fingerprint density at radius 3 is 1.06 bits per heavy atom. The number of ether oxygens (including phenoxy) is 12. The standard InChI is InChI=1S/C32H56BrNO13/c33-6-8-36-10-12-38-14-16-40-18-20-42-22-24-44-26-28-46-29-27-45-25-23-43-21-19-41-17-15-39-13-11-37-9-7-34-32(35)47-30-31-4-2-1-3-5-31/h1-5H,6-30H2,(H,34,35). The average Bonchev–Trinajstić information content (AvgIpc) is 3.09. The molecule has 0 aromatic heterocycles. The maximum absolute atomic E-state index is 11.6. The number of hydrogen-bond acceptors (Lipinski definition) is 13. The van der Waals surface area contributed by atoms with E-state index in [9.17, 15) is 4.79 Å². The van der Waals surface area contributed by atoms with Crippen molar-refractivity contribution in [1.29, 1.82) is 0 Å². The third-order valence-electron chi connectivity index (χ3n) is 5.67. The van der Waals surface area contributed by atoms with E-state index in [2.05, 4.69) is 21.2 Å². The Hall–Kier alpha value is -1.47. The van der Waals surface area contributed by atoms with Gasteiger partial charge in [0.05, 0.1) is 145 Å². The molecule has 0 heterocycles. The first-order valence-corrected chi connectivity index (χ1v) is 17.3. The Labute approximate surface area is 288 Å². The molecule has 1 aromatic carbocycles. The molecule has 0 unspecified atom stereocenters. The molecule has 0 aliphatic rings. The quantitative estimate of drug-likeness (QED) is 0.0790. The van der Waals surface area contributed by atoms with Gasteiger partial charge in [0.15, 0.2) is 0 Å². The summed E-state index contributed by atoms with van der Waals surface area (Å²) in [7, 11) is 0. The predicted molar refractivity (Wildman–Crippen MR) is 177 cm³/mol. The number of carbonyl (C=O) groups is 1. The number of benzene rings is 1. The van der Waals surface area contributed by atoms with Crippen LogP contribution in [0.25, 0.3) is 0 Å². The molecule has 0 bridgehead atoms. The van der Waals surface area contributed by atoms with Crippen LogP contribution in [0.2, 0.25) is 0 Å². The first-order chi connectivity index (χ1) is 23.3. The molecule has 15 heteroatoms. The first-order valence-electron chi connectivity index (χ1n) is 16.2. The fourth-order valence-corrected chi connectivity index (χ4v) is 3.58. The molecule has 0 saturated carbocycles. The van der Waals surface area contributed by atoms with Crippen LogP contribution in [0.15, 0.2) is 30.3 Å². The van der Waals surface area contributed by atoms with Gasteiger partial charge in [0.1, 0.15) is 6.61 Å². The maximum atomic E-state index is 11.6. The Kier molecular flexibility index (Phi) is 34.6. The minimum Gasteiger partial charge on any atom is -0.445 e. The van der Waals surface area contributed by atoms with E-state index >= 15 is 0 Å². The lowest BCUT2D eigenvalue weighted by Gasteiger charge is -2.09. The van der Waals surface area contributed by atoms with E-state index in [0.717, 1.165) is 10.9 Å². The minimum atomic E-state index is -0.469. The summed E-state index contributed by atoms with van der Waals surface area (Å²) in [6.45, 7) is 11.8. The van der Waals surface area contributed by atoms with Crippen LogP contribution in [0.3, 0.4) is 0 Å². The number of alkyl carbamates (subject to hydrolysis) is 1. The average molecular weight is 743 g/mol. The van der Waals surface area contributed by atoms with Crippen molar-refractivity contribution in [3.8, 4) is 0 Å². The van der Waals surface area contributed by atoms with Crippen molar-refractivity contribution in [1.82, 2.24) is 5.32 Å². The van der Waals surface area contributed by atoms with E-state index in [1.807, 2.05) is 30.3 Å². The topological polar surface area (TPSA) is 140 Å². The Bertz CT molecular complexity index is 770. The molecule has 0 aliphatic heterocycles. The second-order valence-corrected chi connectivity index (χ2v) is 10.2. The molecule has 1 N–H and O–H groups in total. The van der Waals surface area contributed by atoms with Crippen molar-refractivity contribution in [2.45, 2.75) is 6.61 Å². The van der Waals surface area contributed by atoms with Crippen LogP contribution in [-0.2, 0) is 63.4 Å². The van der Waals surface area contributed by atoms with Crippen LogP contribution >= 0.6 is 15.9 Å². The van der Waals surface area contributed by atoms with Crippen LogP contribution in [0, 0.1) is 0 Å². The van der Waals surface area contributed by atoms with Gasteiger partial charge in [-0.05, 0) is 5.56 Å². The molecule has 0 aliphatic carbocycles. The summed E-state index contributed by atoms with van der Waals surface area (Å²) in [6, 6.07) is 9.51. The van der Waals surface area contributed by atoms with E-state index in [4.69, 9.17) is 56.8 Å². The number of halogens is 1. The van der Waals surface area contributed by atoms with Gasteiger partial charge in [0.2, 0.25) is 0 Å². The second kappa shape index (κ2) is 37.4. The van der Waals surface area contributed by atoms with Crippen molar-refractivity contribution < 1.29 is 61.6 Å². The zero-order chi connectivity index (χ0) is 33.6. The van der Waals surface area contributed by atoms with Gasteiger partial charge in [-0.1, -0.05) is 46.3 Å². The van der Waals surface area contributed by atoms with E-state index in [-0.39, 0.29) is 6.61 Å². The van der Waals surface area contributed by atoms with Gasteiger partial charge in [-0.3, -0.25) is 0 Å². The number of alkyl halides is 1. The van der Waals surface area contributed by atoms with Crippen LogP contribution in [0.1, 0.15) is 5.56 Å². The first kappa shape index (κ1) is 43.6. The molecular weight excluding hydrogens is 686 g/mol. The van der Waals surface area contributed by atoms with Crippen LogP contribution in [0.4, 0.5) is 4.79 Å². The van der Waals surface area contributed by atoms with E-state index in [1.54, 1.807) is 0 Å². The molecule has 0 saturated heterocycles. The van der Waals surface area contributed by atoms with Gasteiger partial charge < -0.3 is 62.2 Å². The maximum Gasteiger partial charge on any atom is 0.407 e. The molecule has 47 heavy (non-hydrogen) atoms. The van der Waals surface area contributed by atoms with Gasteiger partial charge in [-0.2, -0.15) is 0 Å². The summed E-state index contributed by atoms with van der Waals surface area (Å²) in [5.41, 5.74) is 0.938. The SMILES string of the molecule is O=C(NCCOCCOCCOCCOCCOCCOCCOCCOCCOCCOCCOCCBr)OCc1ccccc1. The van der Waals surface area contributed by atoms with E-state index < -0.39 is 6.09 Å². The summed E-state index contributed by atoms with van der Waals surface area (Å²) >= 11 is 3.30. The predicted octanol–water partition coefficient (Wildman–Crippen LogP) is 2.49.